The Morgan fingerprint density at radius 2 is 1.93 bits per heavy atom. The minimum absolute atomic E-state index is 0.437. The minimum Gasteiger partial charge on any atom is -0.455 e. The minimum atomic E-state index is 0.437. The van der Waals surface area contributed by atoms with Gasteiger partial charge in [0, 0.05) is 17.7 Å². The highest BCUT2D eigenvalue weighted by Crippen LogP contribution is 2.32. The predicted molar refractivity (Wildman–Crippen MR) is 118 cm³/mol. The molecule has 3 aromatic rings. The molecule has 1 aromatic heterocycles. The Balaban J connectivity index is 1.33. The van der Waals surface area contributed by atoms with Gasteiger partial charge in [0.1, 0.15) is 10.8 Å². The molecule has 2 aliphatic heterocycles. The zero-order chi connectivity index (χ0) is 18.8. The van der Waals surface area contributed by atoms with E-state index in [1.807, 2.05) is 54.2 Å². The number of ether oxygens (including phenoxy) is 1. The summed E-state index contributed by atoms with van der Waals surface area (Å²) in [5, 5.41) is 2.29. The first-order valence-electron chi connectivity index (χ1n) is 10.1. The van der Waals surface area contributed by atoms with Gasteiger partial charge < -0.3 is 14.6 Å². The van der Waals surface area contributed by atoms with Crippen LogP contribution in [-0.4, -0.2) is 46.4 Å². The highest BCUT2D eigenvalue weighted by Gasteiger charge is 2.22. The van der Waals surface area contributed by atoms with E-state index in [0.29, 0.717) is 6.04 Å². The van der Waals surface area contributed by atoms with Crippen LogP contribution in [0.5, 0.6) is 11.5 Å². The Bertz CT molecular complexity index is 976. The third-order valence-corrected chi connectivity index (χ3v) is 6.66. The number of fused-ring (bicyclic) bond motifs is 1. The van der Waals surface area contributed by atoms with Crippen LogP contribution < -0.4 is 4.74 Å². The number of likely N-dealkylation sites (tertiary alicyclic amines) is 1. The van der Waals surface area contributed by atoms with Crippen molar-refractivity contribution in [3.63, 3.8) is 0 Å². The molecule has 1 atom stereocenters. The number of H-pyrrole nitrogens is 1. The number of benzene rings is 2. The number of rotatable bonds is 6. The van der Waals surface area contributed by atoms with Crippen LogP contribution in [0.1, 0.15) is 25.0 Å². The predicted octanol–water partition coefficient (Wildman–Crippen LogP) is 5.31. The standard InChI is InChI=1S/C23H25N3OS/c1-2-8-19(9-3-1)27-21-10-6-7-17-15-20(25-22(17)21)23-24-18(16-28-23)11-14-26-12-4-5-13-26/h1-3,6-10,15,18,25H,4-5,11-14,16H2/t18-/m1/s1. The van der Waals surface area contributed by atoms with Crippen molar-refractivity contribution in [1.82, 2.24) is 9.88 Å². The van der Waals surface area contributed by atoms with Crippen molar-refractivity contribution in [2.24, 2.45) is 4.99 Å². The molecule has 0 bridgehead atoms. The summed E-state index contributed by atoms with van der Waals surface area (Å²) >= 11 is 1.87. The molecule has 2 aliphatic rings. The molecule has 4 nitrogen and oxygen atoms in total. The van der Waals surface area contributed by atoms with E-state index in [-0.39, 0.29) is 0 Å². The Hall–Kier alpha value is -2.24. The maximum absolute atomic E-state index is 6.10. The topological polar surface area (TPSA) is 40.6 Å². The zero-order valence-electron chi connectivity index (χ0n) is 15.9. The monoisotopic (exact) mass is 391 g/mol. The summed E-state index contributed by atoms with van der Waals surface area (Å²) in [6, 6.07) is 18.7. The largest absolute Gasteiger partial charge is 0.455 e. The molecule has 0 saturated carbocycles. The van der Waals surface area contributed by atoms with Crippen LogP contribution in [0.2, 0.25) is 0 Å². The van der Waals surface area contributed by atoms with Crippen molar-refractivity contribution < 1.29 is 4.74 Å². The van der Waals surface area contributed by atoms with E-state index in [1.54, 1.807) is 0 Å². The molecular weight excluding hydrogens is 366 g/mol. The van der Waals surface area contributed by atoms with Crippen molar-refractivity contribution in [2.75, 3.05) is 25.4 Å². The highest BCUT2D eigenvalue weighted by atomic mass is 32.2. The molecule has 1 saturated heterocycles. The van der Waals surface area contributed by atoms with Gasteiger partial charge in [0.2, 0.25) is 0 Å². The zero-order valence-corrected chi connectivity index (χ0v) is 16.8. The highest BCUT2D eigenvalue weighted by molar-refractivity contribution is 8.14. The fraction of sp³-hybridized carbons (Fsp3) is 0.348. The van der Waals surface area contributed by atoms with Crippen LogP contribution in [0, 0.1) is 0 Å². The summed E-state index contributed by atoms with van der Waals surface area (Å²) in [5.74, 6) is 2.79. The van der Waals surface area contributed by atoms with Gasteiger partial charge in [-0.25, -0.2) is 0 Å². The number of hydrogen-bond acceptors (Lipinski definition) is 4. The number of thioether (sulfide) groups is 1. The van der Waals surface area contributed by atoms with Crippen molar-refractivity contribution >= 4 is 27.7 Å². The van der Waals surface area contributed by atoms with Crippen LogP contribution in [0.4, 0.5) is 0 Å². The fourth-order valence-electron chi connectivity index (χ4n) is 3.99. The second-order valence-corrected chi connectivity index (χ2v) is 8.56. The van der Waals surface area contributed by atoms with Crippen molar-refractivity contribution in [3.8, 4) is 11.5 Å². The molecule has 0 aliphatic carbocycles. The van der Waals surface area contributed by atoms with Crippen molar-refractivity contribution in [3.05, 3.63) is 60.3 Å². The molecule has 0 unspecified atom stereocenters. The van der Waals surface area contributed by atoms with Crippen LogP contribution >= 0.6 is 11.8 Å². The Kier molecular flexibility index (Phi) is 5.10. The van der Waals surface area contributed by atoms with Gasteiger partial charge in [-0.05, 0) is 56.6 Å². The maximum atomic E-state index is 6.10. The number of aromatic amines is 1. The maximum Gasteiger partial charge on any atom is 0.151 e. The van der Waals surface area contributed by atoms with E-state index in [2.05, 4.69) is 22.0 Å². The first-order valence-corrected chi connectivity index (χ1v) is 11.1. The molecule has 0 spiro atoms. The van der Waals surface area contributed by atoms with Gasteiger partial charge in [-0.3, -0.25) is 4.99 Å². The molecule has 0 amide bonds. The van der Waals surface area contributed by atoms with E-state index in [1.165, 1.54) is 38.9 Å². The lowest BCUT2D eigenvalue weighted by atomic mass is 10.2. The summed E-state index contributed by atoms with van der Waals surface area (Å²) in [5.41, 5.74) is 2.14. The number of para-hydroxylation sites is 2. The molecule has 5 rings (SSSR count). The molecule has 0 radical (unpaired) electrons. The van der Waals surface area contributed by atoms with Crippen LogP contribution in [-0.2, 0) is 0 Å². The summed E-state index contributed by atoms with van der Waals surface area (Å²) in [4.78, 5) is 11.1. The van der Waals surface area contributed by atoms with Gasteiger partial charge in [0.15, 0.2) is 5.75 Å². The van der Waals surface area contributed by atoms with Crippen molar-refractivity contribution in [1.29, 1.82) is 0 Å². The lowest BCUT2D eigenvalue weighted by Gasteiger charge is -2.15. The lowest BCUT2D eigenvalue weighted by Crippen LogP contribution is -2.23. The van der Waals surface area contributed by atoms with Gasteiger partial charge >= 0.3 is 0 Å². The van der Waals surface area contributed by atoms with E-state index in [9.17, 15) is 0 Å². The summed E-state index contributed by atoms with van der Waals surface area (Å²) in [7, 11) is 0. The molecule has 1 fully saturated rings. The first-order chi connectivity index (χ1) is 13.8. The first kappa shape index (κ1) is 17.8. The van der Waals surface area contributed by atoms with Gasteiger partial charge in [0.25, 0.3) is 0 Å². The van der Waals surface area contributed by atoms with Gasteiger partial charge in [-0.15, -0.1) is 11.8 Å². The molecule has 5 heteroatoms. The Morgan fingerprint density at radius 1 is 1.07 bits per heavy atom. The SMILES string of the molecule is c1ccc(Oc2cccc3cc(C4=N[C@H](CCN5CCCC5)CS4)[nH]c23)cc1. The van der Waals surface area contributed by atoms with Gasteiger partial charge in [-0.1, -0.05) is 30.3 Å². The third kappa shape index (κ3) is 3.82. The Labute approximate surface area is 170 Å². The number of aliphatic imine (C=N–C) groups is 1. The van der Waals surface area contributed by atoms with Crippen LogP contribution in [0.15, 0.2) is 59.6 Å². The van der Waals surface area contributed by atoms with Gasteiger partial charge in [0.05, 0.1) is 17.3 Å². The van der Waals surface area contributed by atoms with E-state index >= 15 is 0 Å². The average Bonchev–Trinajstić information content (AvgIpc) is 3.47. The van der Waals surface area contributed by atoms with E-state index < -0.39 is 0 Å². The molecule has 2 aromatic carbocycles. The molecule has 1 N–H and O–H groups in total. The number of aromatic nitrogens is 1. The summed E-state index contributed by atoms with van der Waals surface area (Å²) in [6.07, 6.45) is 3.88. The molecule has 28 heavy (non-hydrogen) atoms. The summed E-state index contributed by atoms with van der Waals surface area (Å²) in [6.45, 7) is 3.72. The number of nitrogens with zero attached hydrogens (tertiary/aromatic N) is 2. The molecule has 3 heterocycles. The fourth-order valence-corrected chi connectivity index (χ4v) is 5.07. The molecule has 144 valence electrons. The summed E-state index contributed by atoms with van der Waals surface area (Å²) < 4.78 is 6.10. The van der Waals surface area contributed by atoms with Crippen LogP contribution in [0.3, 0.4) is 0 Å². The lowest BCUT2D eigenvalue weighted by molar-refractivity contribution is 0.326. The second-order valence-electron chi connectivity index (χ2n) is 7.56. The smallest absolute Gasteiger partial charge is 0.151 e. The van der Waals surface area contributed by atoms with Crippen molar-refractivity contribution in [2.45, 2.75) is 25.3 Å². The van der Waals surface area contributed by atoms with Gasteiger partial charge in [-0.2, -0.15) is 0 Å². The van der Waals surface area contributed by atoms with E-state index in [4.69, 9.17) is 9.73 Å². The Morgan fingerprint density at radius 3 is 2.79 bits per heavy atom. The number of nitrogens with one attached hydrogen (secondary N) is 1. The molecular formula is C23H25N3OS. The third-order valence-electron chi connectivity index (χ3n) is 5.51. The second kappa shape index (κ2) is 8.02. The number of hydrogen-bond donors (Lipinski definition) is 1. The average molecular weight is 392 g/mol. The normalized spacial score (nSPS) is 20.0. The van der Waals surface area contributed by atoms with Crippen LogP contribution in [0.25, 0.3) is 10.9 Å². The van der Waals surface area contributed by atoms with E-state index in [0.717, 1.165) is 38.9 Å². The quantitative estimate of drug-likeness (QED) is 0.619.